The van der Waals surface area contributed by atoms with Crippen molar-refractivity contribution in [2.75, 3.05) is 27.7 Å². The molecule has 0 aliphatic rings. The summed E-state index contributed by atoms with van der Waals surface area (Å²) >= 11 is 6.19. The topological polar surface area (TPSA) is 80.1 Å². The lowest BCUT2D eigenvalue weighted by Gasteiger charge is -2.27. The second-order valence-corrected chi connectivity index (χ2v) is 5.53. The SMILES string of the molecule is COc1ccc(C(CCN(C)C)N(N)/N=C(/C)N)cc1Cl. The molecule has 1 aromatic carbocycles. The maximum atomic E-state index is 6.19. The number of ether oxygens (including phenoxy) is 1. The van der Waals surface area contributed by atoms with E-state index in [1.54, 1.807) is 14.0 Å². The van der Waals surface area contributed by atoms with Crippen LogP contribution < -0.4 is 16.3 Å². The molecule has 0 aliphatic carbocycles. The number of nitrogens with zero attached hydrogens (tertiary/aromatic N) is 3. The van der Waals surface area contributed by atoms with Gasteiger partial charge in [-0.1, -0.05) is 17.7 Å². The van der Waals surface area contributed by atoms with Gasteiger partial charge in [-0.3, -0.25) is 0 Å². The Kier molecular flexibility index (Phi) is 6.74. The van der Waals surface area contributed by atoms with Gasteiger partial charge in [0.05, 0.1) is 18.2 Å². The van der Waals surface area contributed by atoms with Crippen LogP contribution in [0.5, 0.6) is 5.75 Å². The zero-order valence-electron chi connectivity index (χ0n) is 13.0. The molecule has 6 nitrogen and oxygen atoms in total. The molecule has 0 aromatic heterocycles. The van der Waals surface area contributed by atoms with Crippen LogP contribution in [0.2, 0.25) is 5.02 Å². The minimum atomic E-state index is -0.116. The Morgan fingerprint density at radius 2 is 2.10 bits per heavy atom. The number of hydrazone groups is 1. The van der Waals surface area contributed by atoms with Crippen LogP contribution in [0.3, 0.4) is 0 Å². The Labute approximate surface area is 131 Å². The van der Waals surface area contributed by atoms with Crippen molar-refractivity contribution in [3.8, 4) is 5.75 Å². The quantitative estimate of drug-likeness (QED) is 0.347. The maximum Gasteiger partial charge on any atom is 0.137 e. The van der Waals surface area contributed by atoms with Gasteiger partial charge >= 0.3 is 0 Å². The Bertz CT molecular complexity index is 488. The fourth-order valence-electron chi connectivity index (χ4n) is 1.97. The van der Waals surface area contributed by atoms with E-state index in [0.717, 1.165) is 18.5 Å². The van der Waals surface area contributed by atoms with E-state index in [9.17, 15) is 0 Å². The van der Waals surface area contributed by atoms with Gasteiger partial charge in [-0.05, 0) is 51.7 Å². The Balaban J connectivity index is 3.04. The van der Waals surface area contributed by atoms with E-state index in [1.807, 2.05) is 32.3 Å². The molecule has 4 N–H and O–H groups in total. The summed E-state index contributed by atoms with van der Waals surface area (Å²) in [5.74, 6) is 7.07. The Morgan fingerprint density at radius 3 is 2.57 bits per heavy atom. The van der Waals surface area contributed by atoms with Crippen LogP contribution in [0.4, 0.5) is 0 Å². The molecule has 1 unspecified atom stereocenters. The molecule has 7 heteroatoms. The van der Waals surface area contributed by atoms with Gasteiger partial charge in [-0.2, -0.15) is 0 Å². The average molecular weight is 314 g/mol. The number of methoxy groups -OCH3 is 1. The standard InChI is InChI=1S/C14H24ClN5O/c1-10(16)18-20(17)13(7-8-19(2)3)11-5-6-14(21-4)12(15)9-11/h5-6,9,13H,7-8,17H2,1-4H3,(H2,16,18). The number of hydrazine groups is 1. The summed E-state index contributed by atoms with van der Waals surface area (Å²) in [6.07, 6.45) is 0.795. The minimum Gasteiger partial charge on any atom is -0.495 e. The summed E-state index contributed by atoms with van der Waals surface area (Å²) in [6, 6.07) is 5.50. The van der Waals surface area contributed by atoms with E-state index in [4.69, 9.17) is 27.9 Å². The summed E-state index contributed by atoms with van der Waals surface area (Å²) in [6.45, 7) is 2.56. The average Bonchev–Trinajstić information content (AvgIpc) is 2.37. The first kappa shape index (κ1) is 17.6. The molecule has 0 radical (unpaired) electrons. The highest BCUT2D eigenvalue weighted by Crippen LogP contribution is 2.30. The summed E-state index contributed by atoms with van der Waals surface area (Å²) in [4.78, 5) is 2.09. The third-order valence-corrected chi connectivity index (χ3v) is 3.30. The summed E-state index contributed by atoms with van der Waals surface area (Å²) in [5.41, 5.74) is 6.58. The number of halogens is 1. The zero-order chi connectivity index (χ0) is 16.0. The molecule has 0 heterocycles. The maximum absolute atomic E-state index is 6.19. The van der Waals surface area contributed by atoms with Crippen molar-refractivity contribution >= 4 is 17.4 Å². The third-order valence-electron chi connectivity index (χ3n) is 3.00. The van der Waals surface area contributed by atoms with Gasteiger partial charge in [-0.15, -0.1) is 5.10 Å². The zero-order valence-corrected chi connectivity index (χ0v) is 13.8. The number of rotatable bonds is 7. The van der Waals surface area contributed by atoms with Crippen molar-refractivity contribution in [3.63, 3.8) is 0 Å². The predicted octanol–water partition coefficient (Wildman–Crippen LogP) is 1.81. The van der Waals surface area contributed by atoms with Crippen LogP contribution >= 0.6 is 11.6 Å². The van der Waals surface area contributed by atoms with E-state index in [2.05, 4.69) is 10.0 Å². The predicted molar refractivity (Wildman–Crippen MR) is 87.2 cm³/mol. The smallest absolute Gasteiger partial charge is 0.137 e. The van der Waals surface area contributed by atoms with Crippen LogP contribution in [0.1, 0.15) is 24.9 Å². The number of benzene rings is 1. The number of hydrogen-bond donors (Lipinski definition) is 2. The van der Waals surface area contributed by atoms with Crippen LogP contribution in [0.25, 0.3) is 0 Å². The summed E-state index contributed by atoms with van der Waals surface area (Å²) < 4.78 is 5.17. The van der Waals surface area contributed by atoms with Gasteiger partial charge in [0.15, 0.2) is 0 Å². The normalized spacial score (nSPS) is 13.4. The molecule has 1 atom stereocenters. The highest BCUT2D eigenvalue weighted by Gasteiger charge is 2.18. The van der Waals surface area contributed by atoms with Gasteiger partial charge in [0.1, 0.15) is 11.6 Å². The van der Waals surface area contributed by atoms with Gasteiger partial charge in [0.25, 0.3) is 0 Å². The number of nitrogens with two attached hydrogens (primary N) is 2. The van der Waals surface area contributed by atoms with Crippen molar-refractivity contribution in [1.29, 1.82) is 0 Å². The molecule has 0 fully saturated rings. The fourth-order valence-corrected chi connectivity index (χ4v) is 2.24. The molecule has 0 bridgehead atoms. The van der Waals surface area contributed by atoms with Crippen molar-refractivity contribution in [2.45, 2.75) is 19.4 Å². The highest BCUT2D eigenvalue weighted by molar-refractivity contribution is 6.32. The van der Waals surface area contributed by atoms with Gasteiger partial charge < -0.3 is 15.4 Å². The molecular weight excluding hydrogens is 290 g/mol. The molecule has 1 rings (SSSR count). The molecule has 1 aromatic rings. The largest absolute Gasteiger partial charge is 0.495 e. The van der Waals surface area contributed by atoms with Crippen molar-refractivity contribution in [1.82, 2.24) is 10.0 Å². The van der Waals surface area contributed by atoms with E-state index in [0.29, 0.717) is 16.6 Å². The lowest BCUT2D eigenvalue weighted by atomic mass is 10.0. The van der Waals surface area contributed by atoms with E-state index < -0.39 is 0 Å². The van der Waals surface area contributed by atoms with Crippen molar-refractivity contribution in [3.05, 3.63) is 28.8 Å². The summed E-state index contributed by atoms with van der Waals surface area (Å²) in [7, 11) is 5.61. The second-order valence-electron chi connectivity index (χ2n) is 5.12. The molecule has 0 aliphatic heterocycles. The van der Waals surface area contributed by atoms with E-state index >= 15 is 0 Å². The van der Waals surface area contributed by atoms with Gasteiger partial charge in [-0.25, -0.2) is 11.0 Å². The lowest BCUT2D eigenvalue weighted by molar-refractivity contribution is 0.186. The van der Waals surface area contributed by atoms with E-state index in [-0.39, 0.29) is 6.04 Å². The first-order chi connectivity index (χ1) is 9.85. The van der Waals surface area contributed by atoms with Crippen molar-refractivity contribution < 1.29 is 4.74 Å². The Morgan fingerprint density at radius 1 is 1.43 bits per heavy atom. The van der Waals surface area contributed by atoms with Crippen LogP contribution in [-0.4, -0.2) is 43.6 Å². The van der Waals surface area contributed by atoms with Crippen LogP contribution in [0, 0.1) is 0 Å². The van der Waals surface area contributed by atoms with Crippen LogP contribution in [0.15, 0.2) is 23.3 Å². The molecular formula is C14H24ClN5O. The first-order valence-electron chi connectivity index (χ1n) is 6.68. The number of amidine groups is 1. The lowest BCUT2D eigenvalue weighted by Crippen LogP contribution is -2.34. The molecule has 0 amide bonds. The highest BCUT2D eigenvalue weighted by atomic mass is 35.5. The van der Waals surface area contributed by atoms with Gasteiger partial charge in [0.2, 0.25) is 0 Å². The number of hydrogen-bond acceptors (Lipinski definition) is 5. The van der Waals surface area contributed by atoms with Crippen LogP contribution in [-0.2, 0) is 0 Å². The first-order valence-corrected chi connectivity index (χ1v) is 7.05. The Hall–Kier alpha value is -1.50. The monoisotopic (exact) mass is 313 g/mol. The molecule has 0 saturated heterocycles. The molecule has 0 saturated carbocycles. The minimum absolute atomic E-state index is 0.116. The fraction of sp³-hybridized carbons (Fsp3) is 0.500. The molecule has 0 spiro atoms. The van der Waals surface area contributed by atoms with E-state index in [1.165, 1.54) is 5.12 Å². The second kappa shape index (κ2) is 8.07. The molecule has 21 heavy (non-hydrogen) atoms. The summed E-state index contributed by atoms with van der Waals surface area (Å²) in [5, 5.41) is 6.05. The van der Waals surface area contributed by atoms with Crippen molar-refractivity contribution in [2.24, 2.45) is 16.7 Å². The molecule has 118 valence electrons. The third kappa shape index (κ3) is 5.41. The van der Waals surface area contributed by atoms with Gasteiger partial charge in [0, 0.05) is 0 Å².